The Kier molecular flexibility index (Phi) is 3.60. The van der Waals surface area contributed by atoms with Gasteiger partial charge < -0.3 is 0 Å². The Morgan fingerprint density at radius 1 is 1.21 bits per heavy atom. The molecule has 2 aromatic rings. The largest absolute Gasteiger partial charge is 0.279 e. The monoisotopic (exact) mass is 292 g/mol. The number of sulfonamides is 1. The van der Waals surface area contributed by atoms with E-state index in [1.54, 1.807) is 6.07 Å². The van der Waals surface area contributed by atoms with Crippen LogP contribution in [-0.2, 0) is 10.0 Å². The number of nitrogens with zero attached hydrogens (tertiary/aromatic N) is 1. The van der Waals surface area contributed by atoms with Gasteiger partial charge in [0.05, 0.1) is 5.69 Å². The van der Waals surface area contributed by atoms with Crippen molar-refractivity contribution in [3.63, 3.8) is 0 Å². The molecule has 2 rings (SSSR count). The Labute approximate surface area is 116 Å². The summed E-state index contributed by atoms with van der Waals surface area (Å²) in [6.07, 6.45) is 0. The molecule has 0 unspecified atom stereocenters. The van der Waals surface area contributed by atoms with Crippen LogP contribution < -0.4 is 4.72 Å². The highest BCUT2D eigenvalue weighted by atomic mass is 32.2. The fraction of sp³-hybridized carbons (Fsp3) is 0.154. The Bertz CT molecular complexity index is 755. The van der Waals surface area contributed by atoms with Crippen LogP contribution in [0.1, 0.15) is 16.0 Å². The molecule has 0 amide bonds. The van der Waals surface area contributed by atoms with Crippen molar-refractivity contribution in [1.29, 1.82) is 5.26 Å². The zero-order valence-corrected chi connectivity index (χ0v) is 12.1. The quantitative estimate of drug-likeness (QED) is 0.945. The normalized spacial score (nSPS) is 11.0. The van der Waals surface area contributed by atoms with Crippen molar-refractivity contribution in [3.8, 4) is 6.07 Å². The first-order chi connectivity index (χ1) is 8.92. The van der Waals surface area contributed by atoms with E-state index in [1.807, 2.05) is 32.0 Å². The molecule has 0 bridgehead atoms. The third-order valence-corrected chi connectivity index (χ3v) is 5.44. The van der Waals surface area contributed by atoms with E-state index >= 15 is 0 Å². The molecule has 6 heteroatoms. The predicted molar refractivity (Wildman–Crippen MR) is 75.8 cm³/mol. The lowest BCUT2D eigenvalue weighted by molar-refractivity contribution is 0.603. The molecule has 0 aliphatic rings. The lowest BCUT2D eigenvalue weighted by atomic mass is 10.1. The molecule has 0 aliphatic carbocycles. The van der Waals surface area contributed by atoms with Crippen molar-refractivity contribution in [3.05, 3.63) is 46.3 Å². The van der Waals surface area contributed by atoms with E-state index in [9.17, 15) is 8.42 Å². The molecule has 98 valence electrons. The van der Waals surface area contributed by atoms with Gasteiger partial charge in [0.25, 0.3) is 10.0 Å². The van der Waals surface area contributed by atoms with Crippen LogP contribution >= 0.6 is 11.3 Å². The minimum atomic E-state index is -3.62. The molecule has 1 N–H and O–H groups in total. The van der Waals surface area contributed by atoms with E-state index in [2.05, 4.69) is 4.72 Å². The van der Waals surface area contributed by atoms with E-state index in [4.69, 9.17) is 5.26 Å². The smallest absolute Gasteiger partial charge is 0.271 e. The molecule has 0 radical (unpaired) electrons. The maximum atomic E-state index is 12.2. The fourth-order valence-corrected chi connectivity index (χ4v) is 3.79. The maximum Gasteiger partial charge on any atom is 0.271 e. The van der Waals surface area contributed by atoms with E-state index in [0.29, 0.717) is 10.6 Å². The summed E-state index contributed by atoms with van der Waals surface area (Å²) in [6, 6.07) is 10.4. The van der Waals surface area contributed by atoms with Gasteiger partial charge in [0.1, 0.15) is 15.2 Å². The number of anilines is 1. The molecule has 0 spiro atoms. The van der Waals surface area contributed by atoms with Crippen LogP contribution in [0.3, 0.4) is 0 Å². The number of nitriles is 1. The first-order valence-electron chi connectivity index (χ1n) is 5.52. The standard InChI is InChI=1S/C13H12N2O2S2/c1-9-3-4-10(2)12(7-9)15-19(16,17)13-6-5-11(8-14)18-13/h3-7,15H,1-2H3. The second-order valence-electron chi connectivity index (χ2n) is 4.15. The highest BCUT2D eigenvalue weighted by molar-refractivity contribution is 7.94. The zero-order chi connectivity index (χ0) is 14.0. The van der Waals surface area contributed by atoms with E-state index in [0.717, 1.165) is 22.5 Å². The summed E-state index contributed by atoms with van der Waals surface area (Å²) >= 11 is 0.958. The molecule has 4 nitrogen and oxygen atoms in total. The molecular formula is C13H12N2O2S2. The van der Waals surface area contributed by atoms with Crippen molar-refractivity contribution < 1.29 is 8.42 Å². The van der Waals surface area contributed by atoms with Gasteiger partial charge in [-0.15, -0.1) is 11.3 Å². The number of thiophene rings is 1. The van der Waals surface area contributed by atoms with Gasteiger partial charge in [0.15, 0.2) is 0 Å². The number of aryl methyl sites for hydroxylation is 2. The topological polar surface area (TPSA) is 70.0 Å². The Morgan fingerprint density at radius 2 is 1.95 bits per heavy atom. The summed E-state index contributed by atoms with van der Waals surface area (Å²) in [5.74, 6) is 0. The fourth-order valence-electron chi connectivity index (χ4n) is 1.57. The third-order valence-electron chi connectivity index (χ3n) is 2.59. The average molecular weight is 292 g/mol. The van der Waals surface area contributed by atoms with E-state index in [-0.39, 0.29) is 4.21 Å². The molecule has 1 aromatic heterocycles. The van der Waals surface area contributed by atoms with Gasteiger partial charge in [-0.1, -0.05) is 12.1 Å². The third kappa shape index (κ3) is 2.95. The molecule has 0 atom stereocenters. The second kappa shape index (κ2) is 5.03. The van der Waals surface area contributed by atoms with Crippen LogP contribution in [0.25, 0.3) is 0 Å². The predicted octanol–water partition coefficient (Wildman–Crippen LogP) is 3.04. The Morgan fingerprint density at radius 3 is 2.58 bits per heavy atom. The van der Waals surface area contributed by atoms with Crippen LogP contribution in [0, 0.1) is 25.2 Å². The van der Waals surface area contributed by atoms with Gasteiger partial charge in [0.2, 0.25) is 0 Å². The highest BCUT2D eigenvalue weighted by Gasteiger charge is 2.17. The van der Waals surface area contributed by atoms with Crippen molar-refractivity contribution in [2.45, 2.75) is 18.1 Å². The van der Waals surface area contributed by atoms with Gasteiger partial charge >= 0.3 is 0 Å². The molecule has 0 saturated carbocycles. The molecule has 0 saturated heterocycles. The lowest BCUT2D eigenvalue weighted by Crippen LogP contribution is -2.12. The summed E-state index contributed by atoms with van der Waals surface area (Å²) in [4.78, 5) is 0.376. The van der Waals surface area contributed by atoms with E-state index in [1.165, 1.54) is 12.1 Å². The first-order valence-corrected chi connectivity index (χ1v) is 7.82. The molecule has 0 aliphatic heterocycles. The maximum absolute atomic E-state index is 12.2. The first kappa shape index (κ1) is 13.6. The lowest BCUT2D eigenvalue weighted by Gasteiger charge is -2.09. The van der Waals surface area contributed by atoms with Crippen LogP contribution in [0.4, 0.5) is 5.69 Å². The minimum absolute atomic E-state index is 0.143. The second-order valence-corrected chi connectivity index (χ2v) is 7.15. The Balaban J connectivity index is 2.36. The SMILES string of the molecule is Cc1ccc(C)c(NS(=O)(=O)c2ccc(C#N)s2)c1. The van der Waals surface area contributed by atoms with Crippen molar-refractivity contribution in [1.82, 2.24) is 0 Å². The average Bonchev–Trinajstić information content (AvgIpc) is 2.83. The number of hydrogen-bond donors (Lipinski definition) is 1. The zero-order valence-electron chi connectivity index (χ0n) is 10.5. The van der Waals surface area contributed by atoms with Crippen LogP contribution in [-0.4, -0.2) is 8.42 Å². The van der Waals surface area contributed by atoms with Gasteiger partial charge in [-0.05, 0) is 43.2 Å². The van der Waals surface area contributed by atoms with Gasteiger partial charge in [0, 0.05) is 0 Å². The molecule has 1 aromatic carbocycles. The van der Waals surface area contributed by atoms with Crippen LogP contribution in [0.5, 0.6) is 0 Å². The van der Waals surface area contributed by atoms with Crippen LogP contribution in [0.15, 0.2) is 34.5 Å². The van der Waals surface area contributed by atoms with Crippen molar-refractivity contribution >= 4 is 27.0 Å². The minimum Gasteiger partial charge on any atom is -0.279 e. The molecule has 19 heavy (non-hydrogen) atoms. The summed E-state index contributed by atoms with van der Waals surface area (Å²) in [5.41, 5.74) is 2.39. The number of benzene rings is 1. The summed E-state index contributed by atoms with van der Waals surface area (Å²) in [6.45, 7) is 3.74. The summed E-state index contributed by atoms with van der Waals surface area (Å²) < 4.78 is 27.1. The van der Waals surface area contributed by atoms with E-state index < -0.39 is 10.0 Å². The summed E-state index contributed by atoms with van der Waals surface area (Å²) in [5, 5.41) is 8.73. The number of nitrogens with one attached hydrogen (secondary N) is 1. The van der Waals surface area contributed by atoms with Crippen LogP contribution in [0.2, 0.25) is 0 Å². The summed E-state index contributed by atoms with van der Waals surface area (Å²) in [7, 11) is -3.62. The van der Waals surface area contributed by atoms with Gasteiger partial charge in [-0.25, -0.2) is 8.42 Å². The molecule has 0 fully saturated rings. The van der Waals surface area contributed by atoms with Gasteiger partial charge in [-0.3, -0.25) is 4.72 Å². The highest BCUT2D eigenvalue weighted by Crippen LogP contribution is 2.25. The molecular weight excluding hydrogens is 280 g/mol. The van der Waals surface area contributed by atoms with Crippen molar-refractivity contribution in [2.75, 3.05) is 4.72 Å². The number of hydrogen-bond acceptors (Lipinski definition) is 4. The molecule has 1 heterocycles. The van der Waals surface area contributed by atoms with Crippen molar-refractivity contribution in [2.24, 2.45) is 0 Å². The Hall–Kier alpha value is -1.84. The number of rotatable bonds is 3. The van der Waals surface area contributed by atoms with Gasteiger partial charge in [-0.2, -0.15) is 5.26 Å².